The monoisotopic (exact) mass is 170 g/mol. The predicted molar refractivity (Wildman–Crippen MR) is 42.9 cm³/mol. The van der Waals surface area contributed by atoms with Gasteiger partial charge in [0.1, 0.15) is 0 Å². The van der Waals surface area contributed by atoms with Crippen LogP contribution < -0.4 is 9.47 Å². The van der Waals surface area contributed by atoms with Crippen molar-refractivity contribution < 1.29 is 19.7 Å². The molecule has 0 spiro atoms. The zero-order valence-corrected chi connectivity index (χ0v) is 6.87. The van der Waals surface area contributed by atoms with Gasteiger partial charge in [-0.2, -0.15) is 0 Å². The second-order valence-corrected chi connectivity index (χ2v) is 2.20. The molecule has 0 unspecified atom stereocenters. The van der Waals surface area contributed by atoms with Crippen LogP contribution in [0.15, 0.2) is 12.1 Å². The first kappa shape index (κ1) is 8.52. The number of hydrogen-bond acceptors (Lipinski definition) is 4. The maximum absolute atomic E-state index is 9.23. The third-order valence-corrected chi connectivity index (χ3v) is 1.48. The normalized spacial score (nSPS) is 9.50. The molecule has 0 saturated carbocycles. The number of rotatable bonds is 2. The van der Waals surface area contributed by atoms with Crippen LogP contribution in [-0.2, 0) is 0 Å². The fraction of sp³-hybridized carbons (Fsp3) is 0.250. The Balaban J connectivity index is 3.16. The van der Waals surface area contributed by atoms with E-state index in [1.165, 1.54) is 26.4 Å². The highest BCUT2D eigenvalue weighted by Crippen LogP contribution is 2.37. The maximum atomic E-state index is 9.23. The van der Waals surface area contributed by atoms with Gasteiger partial charge in [0, 0.05) is 12.1 Å². The van der Waals surface area contributed by atoms with Gasteiger partial charge in [-0.15, -0.1) is 0 Å². The molecular formula is C8H10O4. The number of methoxy groups -OCH3 is 2. The first-order chi connectivity index (χ1) is 5.69. The van der Waals surface area contributed by atoms with E-state index in [0.29, 0.717) is 0 Å². The van der Waals surface area contributed by atoms with Crippen LogP contribution in [0.25, 0.3) is 0 Å². The average molecular weight is 170 g/mol. The molecule has 0 atom stereocenters. The molecule has 0 radical (unpaired) electrons. The van der Waals surface area contributed by atoms with Gasteiger partial charge in [0.15, 0.2) is 23.0 Å². The number of ether oxygens (including phenoxy) is 2. The number of hydrogen-bond donors (Lipinski definition) is 2. The van der Waals surface area contributed by atoms with Crippen molar-refractivity contribution in [1.82, 2.24) is 0 Å². The van der Waals surface area contributed by atoms with Gasteiger partial charge in [-0.1, -0.05) is 0 Å². The lowest BCUT2D eigenvalue weighted by molar-refractivity contribution is 0.347. The molecule has 0 heterocycles. The van der Waals surface area contributed by atoms with Gasteiger partial charge in [-0.3, -0.25) is 0 Å². The van der Waals surface area contributed by atoms with Crippen molar-refractivity contribution in [3.8, 4) is 23.0 Å². The smallest absolute Gasteiger partial charge is 0.164 e. The lowest BCUT2D eigenvalue weighted by Gasteiger charge is -2.07. The van der Waals surface area contributed by atoms with Gasteiger partial charge in [0.25, 0.3) is 0 Å². The fourth-order valence-electron chi connectivity index (χ4n) is 0.865. The Hall–Kier alpha value is -1.58. The van der Waals surface area contributed by atoms with Crippen molar-refractivity contribution in [1.29, 1.82) is 0 Å². The van der Waals surface area contributed by atoms with Crippen LogP contribution in [-0.4, -0.2) is 24.4 Å². The van der Waals surface area contributed by atoms with Crippen LogP contribution >= 0.6 is 0 Å². The summed E-state index contributed by atoms with van der Waals surface area (Å²) in [7, 11) is 2.81. The summed E-state index contributed by atoms with van der Waals surface area (Å²) in [6, 6.07) is 2.57. The lowest BCUT2D eigenvalue weighted by Crippen LogP contribution is -1.87. The summed E-state index contributed by atoms with van der Waals surface area (Å²) < 4.78 is 9.52. The minimum atomic E-state index is -0.0628. The third-order valence-electron chi connectivity index (χ3n) is 1.48. The van der Waals surface area contributed by atoms with Crippen molar-refractivity contribution in [2.75, 3.05) is 14.2 Å². The van der Waals surface area contributed by atoms with Crippen LogP contribution in [0.3, 0.4) is 0 Å². The minimum Gasteiger partial charge on any atom is -0.504 e. The van der Waals surface area contributed by atoms with E-state index in [9.17, 15) is 10.2 Å². The summed E-state index contributed by atoms with van der Waals surface area (Å²) in [5.41, 5.74) is 0. The van der Waals surface area contributed by atoms with Crippen molar-refractivity contribution in [3.05, 3.63) is 12.1 Å². The fourth-order valence-corrected chi connectivity index (χ4v) is 0.865. The Labute approximate surface area is 70.0 Å². The van der Waals surface area contributed by atoms with E-state index < -0.39 is 0 Å². The highest BCUT2D eigenvalue weighted by atomic mass is 16.5. The zero-order valence-electron chi connectivity index (χ0n) is 6.87. The molecular weight excluding hydrogens is 160 g/mol. The van der Waals surface area contributed by atoms with Crippen molar-refractivity contribution in [3.63, 3.8) is 0 Å². The van der Waals surface area contributed by atoms with Gasteiger partial charge in [-0.05, 0) is 0 Å². The van der Waals surface area contributed by atoms with Crippen LogP contribution in [0, 0.1) is 0 Å². The highest BCUT2D eigenvalue weighted by molar-refractivity contribution is 5.52. The first-order valence-corrected chi connectivity index (χ1v) is 3.33. The SMILES string of the molecule is COc1cc(O)c(OC)cc1O. The van der Waals surface area contributed by atoms with E-state index in [2.05, 4.69) is 0 Å². The van der Waals surface area contributed by atoms with Crippen LogP contribution in [0.2, 0.25) is 0 Å². The number of phenols is 2. The largest absolute Gasteiger partial charge is 0.504 e. The number of phenolic OH excluding ortho intramolecular Hbond substituents is 2. The zero-order chi connectivity index (χ0) is 9.14. The minimum absolute atomic E-state index is 0.0628. The Morgan fingerprint density at radius 1 is 0.917 bits per heavy atom. The van der Waals surface area contributed by atoms with Gasteiger partial charge < -0.3 is 19.7 Å². The molecule has 1 rings (SSSR count). The van der Waals surface area contributed by atoms with Gasteiger partial charge >= 0.3 is 0 Å². The molecule has 1 aromatic rings. The predicted octanol–water partition coefficient (Wildman–Crippen LogP) is 1.11. The average Bonchev–Trinajstić information content (AvgIpc) is 2.08. The molecule has 4 heteroatoms. The summed E-state index contributed by atoms with van der Waals surface area (Å²) in [5, 5.41) is 18.5. The Morgan fingerprint density at radius 2 is 1.25 bits per heavy atom. The first-order valence-electron chi connectivity index (χ1n) is 3.33. The molecule has 0 aliphatic carbocycles. The molecule has 0 fully saturated rings. The quantitative estimate of drug-likeness (QED) is 0.653. The summed E-state index contributed by atoms with van der Waals surface area (Å²) in [5.74, 6) is 0.306. The van der Waals surface area contributed by atoms with E-state index in [4.69, 9.17) is 9.47 Å². The topological polar surface area (TPSA) is 58.9 Å². The molecule has 2 N–H and O–H groups in total. The van der Waals surface area contributed by atoms with E-state index in [1.54, 1.807) is 0 Å². The van der Waals surface area contributed by atoms with Gasteiger partial charge in [-0.25, -0.2) is 0 Å². The standard InChI is InChI=1S/C8H10O4/c1-11-7-3-6(10)8(12-2)4-5(7)9/h3-4,9-10H,1-2H3. The lowest BCUT2D eigenvalue weighted by atomic mass is 10.3. The maximum Gasteiger partial charge on any atom is 0.164 e. The van der Waals surface area contributed by atoms with Gasteiger partial charge in [0.05, 0.1) is 14.2 Å². The molecule has 0 bridgehead atoms. The van der Waals surface area contributed by atoms with E-state index in [0.717, 1.165) is 0 Å². The highest BCUT2D eigenvalue weighted by Gasteiger charge is 2.08. The van der Waals surface area contributed by atoms with Crippen molar-refractivity contribution in [2.24, 2.45) is 0 Å². The summed E-state index contributed by atoms with van der Waals surface area (Å²) in [4.78, 5) is 0. The molecule has 12 heavy (non-hydrogen) atoms. The second kappa shape index (κ2) is 3.21. The number of aromatic hydroxyl groups is 2. The summed E-state index contributed by atoms with van der Waals surface area (Å²) in [6.07, 6.45) is 0. The Bertz CT molecular complexity index is 253. The second-order valence-electron chi connectivity index (χ2n) is 2.20. The third kappa shape index (κ3) is 1.37. The molecule has 0 aliphatic rings. The summed E-state index contributed by atoms with van der Waals surface area (Å²) >= 11 is 0. The van der Waals surface area contributed by atoms with E-state index >= 15 is 0 Å². The van der Waals surface area contributed by atoms with Crippen molar-refractivity contribution in [2.45, 2.75) is 0 Å². The molecule has 0 saturated heterocycles. The molecule has 1 aromatic carbocycles. The van der Waals surface area contributed by atoms with E-state index in [1.807, 2.05) is 0 Å². The van der Waals surface area contributed by atoms with Crippen LogP contribution in [0.4, 0.5) is 0 Å². The van der Waals surface area contributed by atoms with Crippen molar-refractivity contribution >= 4 is 0 Å². The number of benzene rings is 1. The molecule has 0 aliphatic heterocycles. The Kier molecular flexibility index (Phi) is 2.28. The van der Waals surface area contributed by atoms with Crippen LogP contribution in [0.5, 0.6) is 23.0 Å². The summed E-state index contributed by atoms with van der Waals surface area (Å²) in [6.45, 7) is 0. The van der Waals surface area contributed by atoms with Gasteiger partial charge in [0.2, 0.25) is 0 Å². The molecule has 0 aromatic heterocycles. The van der Waals surface area contributed by atoms with Crippen LogP contribution in [0.1, 0.15) is 0 Å². The van der Waals surface area contributed by atoms with E-state index in [-0.39, 0.29) is 23.0 Å². The molecule has 66 valence electrons. The molecule has 4 nitrogen and oxygen atoms in total. The molecule has 0 amide bonds. The Morgan fingerprint density at radius 3 is 1.50 bits per heavy atom.